The first-order chi connectivity index (χ1) is 10.1. The zero-order chi connectivity index (χ0) is 15.0. The van der Waals surface area contributed by atoms with Crippen LogP contribution in [0, 0.1) is 0 Å². The van der Waals surface area contributed by atoms with Gasteiger partial charge in [-0.15, -0.1) is 11.6 Å². The predicted molar refractivity (Wildman–Crippen MR) is 88.2 cm³/mol. The second kappa shape index (κ2) is 5.81. The van der Waals surface area contributed by atoms with Gasteiger partial charge in [-0.2, -0.15) is 16.4 Å². The van der Waals surface area contributed by atoms with Gasteiger partial charge in [-0.25, -0.2) is 4.98 Å². The Kier molecular flexibility index (Phi) is 4.04. The molecule has 6 heteroatoms. The number of hydrogen-bond donors (Lipinski definition) is 0. The average Bonchev–Trinajstić information content (AvgIpc) is 3.11. The SMILES string of the molecule is CCCc1nn(C)c2c1nc(C(C)Cl)n2Cc1ccsc1. The van der Waals surface area contributed by atoms with Crippen molar-refractivity contribution in [2.75, 3.05) is 0 Å². The summed E-state index contributed by atoms with van der Waals surface area (Å²) in [5.41, 5.74) is 4.40. The molecule has 1 unspecified atom stereocenters. The molecular formula is C15H19ClN4S. The summed E-state index contributed by atoms with van der Waals surface area (Å²) in [4.78, 5) is 4.78. The van der Waals surface area contributed by atoms with Crippen LogP contribution in [-0.2, 0) is 20.0 Å². The van der Waals surface area contributed by atoms with E-state index in [2.05, 4.69) is 33.4 Å². The minimum absolute atomic E-state index is 0.120. The van der Waals surface area contributed by atoms with E-state index < -0.39 is 0 Å². The van der Waals surface area contributed by atoms with Crippen molar-refractivity contribution in [1.29, 1.82) is 0 Å². The van der Waals surface area contributed by atoms with Gasteiger partial charge in [0.25, 0.3) is 0 Å². The van der Waals surface area contributed by atoms with E-state index in [0.29, 0.717) is 0 Å². The Morgan fingerprint density at radius 2 is 2.24 bits per heavy atom. The fourth-order valence-corrected chi connectivity index (χ4v) is 3.51. The Labute approximate surface area is 133 Å². The van der Waals surface area contributed by atoms with Gasteiger partial charge in [0.1, 0.15) is 11.3 Å². The maximum Gasteiger partial charge on any atom is 0.159 e. The molecule has 3 rings (SSSR count). The molecule has 0 bridgehead atoms. The summed E-state index contributed by atoms with van der Waals surface area (Å²) in [6.07, 6.45) is 2.01. The van der Waals surface area contributed by atoms with Crippen molar-refractivity contribution in [3.63, 3.8) is 0 Å². The molecule has 0 spiro atoms. The van der Waals surface area contributed by atoms with Crippen molar-refractivity contribution in [2.45, 2.75) is 38.6 Å². The van der Waals surface area contributed by atoms with Crippen molar-refractivity contribution in [1.82, 2.24) is 19.3 Å². The standard InChI is InChI=1S/C15H19ClN4S/c1-4-5-12-13-15(19(3)18-12)20(14(17-13)10(2)16)8-11-6-7-21-9-11/h6-7,9-10H,4-5,8H2,1-3H3. The second-order valence-corrected chi connectivity index (χ2v) is 6.73. The lowest BCUT2D eigenvalue weighted by Crippen LogP contribution is -2.08. The van der Waals surface area contributed by atoms with Crippen LogP contribution in [0.25, 0.3) is 11.2 Å². The summed E-state index contributed by atoms with van der Waals surface area (Å²) in [5.74, 6) is 0.920. The normalized spacial score (nSPS) is 13.1. The van der Waals surface area contributed by atoms with Gasteiger partial charge in [0.15, 0.2) is 5.65 Å². The number of imidazole rings is 1. The highest BCUT2D eigenvalue weighted by Crippen LogP contribution is 2.28. The van der Waals surface area contributed by atoms with Gasteiger partial charge in [-0.3, -0.25) is 4.68 Å². The molecule has 0 saturated heterocycles. The molecule has 0 N–H and O–H groups in total. The third-order valence-electron chi connectivity index (χ3n) is 3.58. The van der Waals surface area contributed by atoms with Crippen molar-refractivity contribution in [3.8, 4) is 0 Å². The van der Waals surface area contributed by atoms with E-state index in [4.69, 9.17) is 16.6 Å². The van der Waals surface area contributed by atoms with Crippen LogP contribution in [0.4, 0.5) is 0 Å². The number of rotatable bonds is 5. The molecule has 0 fully saturated rings. The molecule has 0 saturated carbocycles. The highest BCUT2D eigenvalue weighted by Gasteiger charge is 2.21. The number of hydrogen-bond acceptors (Lipinski definition) is 3. The number of thiophene rings is 1. The lowest BCUT2D eigenvalue weighted by atomic mass is 10.2. The maximum absolute atomic E-state index is 6.35. The fraction of sp³-hybridized carbons (Fsp3) is 0.467. The zero-order valence-corrected chi connectivity index (χ0v) is 14.1. The third-order valence-corrected chi connectivity index (χ3v) is 4.51. The number of aromatic nitrogens is 4. The molecule has 0 aliphatic carbocycles. The first-order valence-electron chi connectivity index (χ1n) is 7.19. The Bertz CT molecular complexity index is 739. The average molecular weight is 323 g/mol. The van der Waals surface area contributed by atoms with E-state index >= 15 is 0 Å². The van der Waals surface area contributed by atoms with Gasteiger partial charge in [0, 0.05) is 7.05 Å². The molecule has 0 aliphatic heterocycles. The van der Waals surface area contributed by atoms with Crippen molar-refractivity contribution in [2.24, 2.45) is 7.05 Å². The number of alkyl halides is 1. The molecule has 0 radical (unpaired) electrons. The van der Waals surface area contributed by atoms with Crippen molar-refractivity contribution >= 4 is 34.1 Å². The fourth-order valence-electron chi connectivity index (χ4n) is 2.69. The molecule has 4 nitrogen and oxygen atoms in total. The van der Waals surface area contributed by atoms with E-state index in [9.17, 15) is 0 Å². The van der Waals surface area contributed by atoms with Gasteiger partial charge in [0.2, 0.25) is 0 Å². The van der Waals surface area contributed by atoms with E-state index in [0.717, 1.165) is 42.1 Å². The van der Waals surface area contributed by atoms with Crippen LogP contribution in [0.1, 0.15) is 42.7 Å². The minimum Gasteiger partial charge on any atom is -0.307 e. The van der Waals surface area contributed by atoms with Gasteiger partial charge in [0.05, 0.1) is 17.6 Å². The molecule has 0 amide bonds. The molecule has 1 atom stereocenters. The van der Waals surface area contributed by atoms with Gasteiger partial charge >= 0.3 is 0 Å². The van der Waals surface area contributed by atoms with Crippen molar-refractivity contribution in [3.05, 3.63) is 33.9 Å². The molecule has 3 heterocycles. The van der Waals surface area contributed by atoms with Crippen molar-refractivity contribution < 1.29 is 0 Å². The van der Waals surface area contributed by atoms with Crippen LogP contribution in [-0.4, -0.2) is 19.3 Å². The largest absolute Gasteiger partial charge is 0.307 e. The summed E-state index contributed by atoms with van der Waals surface area (Å²) >= 11 is 8.06. The summed E-state index contributed by atoms with van der Waals surface area (Å²) in [7, 11) is 1.98. The molecule has 112 valence electrons. The summed E-state index contributed by atoms with van der Waals surface area (Å²) in [6, 6.07) is 2.14. The van der Waals surface area contributed by atoms with Crippen LogP contribution in [0.15, 0.2) is 16.8 Å². The van der Waals surface area contributed by atoms with Crippen LogP contribution in [0.5, 0.6) is 0 Å². The molecule has 3 aromatic rings. The summed E-state index contributed by atoms with van der Waals surface area (Å²) in [6.45, 7) is 4.92. The lowest BCUT2D eigenvalue weighted by Gasteiger charge is -2.10. The zero-order valence-electron chi connectivity index (χ0n) is 12.5. The number of aryl methyl sites for hydroxylation is 2. The maximum atomic E-state index is 6.35. The number of halogens is 1. The van der Waals surface area contributed by atoms with E-state index in [1.54, 1.807) is 11.3 Å². The first kappa shape index (κ1) is 14.6. The topological polar surface area (TPSA) is 35.6 Å². The van der Waals surface area contributed by atoms with E-state index in [-0.39, 0.29) is 5.38 Å². The molecule has 0 aromatic carbocycles. The second-order valence-electron chi connectivity index (χ2n) is 5.30. The molecule has 0 aliphatic rings. The lowest BCUT2D eigenvalue weighted by molar-refractivity contribution is 0.680. The predicted octanol–water partition coefficient (Wildman–Crippen LogP) is 4.13. The van der Waals surface area contributed by atoms with Gasteiger partial charge in [-0.05, 0) is 35.7 Å². The molecule has 21 heavy (non-hydrogen) atoms. The highest BCUT2D eigenvalue weighted by molar-refractivity contribution is 7.07. The Balaban J connectivity index is 2.17. The Morgan fingerprint density at radius 1 is 1.43 bits per heavy atom. The van der Waals surface area contributed by atoms with E-state index in [1.165, 1.54) is 5.56 Å². The van der Waals surface area contributed by atoms with Crippen LogP contribution >= 0.6 is 22.9 Å². The first-order valence-corrected chi connectivity index (χ1v) is 8.56. The van der Waals surface area contributed by atoms with E-state index in [1.807, 2.05) is 18.7 Å². The van der Waals surface area contributed by atoms with Gasteiger partial charge in [-0.1, -0.05) is 13.3 Å². The number of nitrogens with zero attached hydrogens (tertiary/aromatic N) is 4. The smallest absolute Gasteiger partial charge is 0.159 e. The monoisotopic (exact) mass is 322 g/mol. The Hall–Kier alpha value is -1.33. The van der Waals surface area contributed by atoms with Crippen LogP contribution in [0.2, 0.25) is 0 Å². The quantitative estimate of drug-likeness (QED) is 0.662. The highest BCUT2D eigenvalue weighted by atomic mass is 35.5. The van der Waals surface area contributed by atoms with Gasteiger partial charge < -0.3 is 4.57 Å². The van der Waals surface area contributed by atoms with Crippen LogP contribution < -0.4 is 0 Å². The van der Waals surface area contributed by atoms with Crippen LogP contribution in [0.3, 0.4) is 0 Å². The summed E-state index contributed by atoms with van der Waals surface area (Å²) in [5, 5.41) is 8.76. The molecular weight excluding hydrogens is 304 g/mol. The molecule has 3 aromatic heterocycles. The minimum atomic E-state index is -0.120. The Morgan fingerprint density at radius 3 is 2.86 bits per heavy atom. The summed E-state index contributed by atoms with van der Waals surface area (Å²) < 4.78 is 4.13. The number of fused-ring (bicyclic) bond motifs is 1. The third kappa shape index (κ3) is 2.60.